The minimum absolute atomic E-state index is 0.765. The maximum atomic E-state index is 4.56. The summed E-state index contributed by atoms with van der Waals surface area (Å²) < 4.78 is 2.19. The highest BCUT2D eigenvalue weighted by molar-refractivity contribution is 7.98. The van der Waals surface area contributed by atoms with Gasteiger partial charge in [0.05, 0.1) is 5.75 Å². The summed E-state index contributed by atoms with van der Waals surface area (Å²) in [6, 6.07) is 35.8. The van der Waals surface area contributed by atoms with Crippen molar-refractivity contribution in [3.05, 3.63) is 115 Å². The first-order chi connectivity index (χ1) is 15.4. The fourth-order valence-electron chi connectivity index (χ4n) is 3.55. The molecule has 0 radical (unpaired) electrons. The highest BCUT2D eigenvalue weighted by Gasteiger charge is 2.15. The molecule has 31 heavy (non-hydrogen) atoms. The molecular formula is C26H21N3S2. The second-order valence-corrected chi connectivity index (χ2v) is 9.09. The van der Waals surface area contributed by atoms with Gasteiger partial charge in [-0.15, -0.1) is 22.0 Å². The molecule has 0 N–H and O–H groups in total. The first kappa shape index (κ1) is 19.9. The van der Waals surface area contributed by atoms with Crippen LogP contribution >= 0.6 is 23.5 Å². The number of aromatic nitrogens is 3. The molecule has 0 bridgehead atoms. The van der Waals surface area contributed by atoms with E-state index in [9.17, 15) is 0 Å². The topological polar surface area (TPSA) is 30.7 Å². The number of hydrogen-bond acceptors (Lipinski definition) is 4. The Kier molecular flexibility index (Phi) is 6.05. The van der Waals surface area contributed by atoms with Gasteiger partial charge in [-0.1, -0.05) is 90.6 Å². The lowest BCUT2D eigenvalue weighted by Gasteiger charge is -2.11. The van der Waals surface area contributed by atoms with Crippen molar-refractivity contribution in [2.45, 2.75) is 21.6 Å². The minimum atomic E-state index is 0.765. The molecule has 3 nitrogen and oxygen atoms in total. The van der Waals surface area contributed by atoms with E-state index in [1.54, 1.807) is 23.5 Å². The Morgan fingerprint density at radius 3 is 2.16 bits per heavy atom. The Bertz CT molecular complexity index is 1280. The first-order valence-corrected chi connectivity index (χ1v) is 12.1. The summed E-state index contributed by atoms with van der Waals surface area (Å²) in [5.41, 5.74) is 2.41. The molecule has 0 saturated heterocycles. The van der Waals surface area contributed by atoms with Crippen LogP contribution in [0.5, 0.6) is 0 Å². The number of benzene rings is 4. The number of fused-ring (bicyclic) bond motifs is 1. The molecule has 0 amide bonds. The molecule has 5 heteroatoms. The number of hydrogen-bond donors (Lipinski definition) is 0. The van der Waals surface area contributed by atoms with Gasteiger partial charge in [0.2, 0.25) is 0 Å². The van der Waals surface area contributed by atoms with Crippen LogP contribution in [-0.2, 0) is 11.5 Å². The molecule has 0 aliphatic carbocycles. The van der Waals surface area contributed by atoms with Gasteiger partial charge in [-0.25, -0.2) is 0 Å². The fourth-order valence-corrected chi connectivity index (χ4v) is 5.36. The normalized spacial score (nSPS) is 11.1. The van der Waals surface area contributed by atoms with Crippen molar-refractivity contribution in [2.75, 3.05) is 0 Å². The van der Waals surface area contributed by atoms with Crippen LogP contribution in [0.15, 0.2) is 113 Å². The summed E-state index contributed by atoms with van der Waals surface area (Å²) in [5.74, 6) is 2.57. The van der Waals surface area contributed by atoms with E-state index >= 15 is 0 Å². The van der Waals surface area contributed by atoms with Gasteiger partial charge in [-0.3, -0.25) is 4.57 Å². The minimum Gasteiger partial charge on any atom is -0.273 e. The quantitative estimate of drug-likeness (QED) is 0.255. The van der Waals surface area contributed by atoms with Crippen molar-refractivity contribution in [3.8, 4) is 5.69 Å². The molecule has 152 valence electrons. The van der Waals surface area contributed by atoms with Gasteiger partial charge in [0.25, 0.3) is 0 Å². The van der Waals surface area contributed by atoms with Gasteiger partial charge in [0.1, 0.15) is 5.82 Å². The molecule has 1 heterocycles. The second-order valence-electron chi connectivity index (χ2n) is 7.10. The van der Waals surface area contributed by atoms with Gasteiger partial charge in [-0.2, -0.15) is 0 Å². The van der Waals surface area contributed by atoms with E-state index in [1.165, 1.54) is 21.2 Å². The van der Waals surface area contributed by atoms with Crippen LogP contribution in [0.25, 0.3) is 16.5 Å². The molecule has 1 aromatic heterocycles. The summed E-state index contributed by atoms with van der Waals surface area (Å²) >= 11 is 3.51. The maximum Gasteiger partial charge on any atom is 0.196 e. The van der Waals surface area contributed by atoms with Gasteiger partial charge in [-0.05, 0) is 40.6 Å². The summed E-state index contributed by atoms with van der Waals surface area (Å²) in [4.78, 5) is 1.23. The molecule has 0 fully saturated rings. The van der Waals surface area contributed by atoms with E-state index in [0.29, 0.717) is 0 Å². The zero-order valence-electron chi connectivity index (χ0n) is 16.9. The average Bonchev–Trinajstić information content (AvgIpc) is 3.25. The number of rotatable bonds is 7. The first-order valence-electron chi connectivity index (χ1n) is 10.2. The van der Waals surface area contributed by atoms with E-state index in [-0.39, 0.29) is 0 Å². The van der Waals surface area contributed by atoms with E-state index < -0.39 is 0 Å². The van der Waals surface area contributed by atoms with Gasteiger partial charge < -0.3 is 0 Å². The van der Waals surface area contributed by atoms with Crippen molar-refractivity contribution in [1.82, 2.24) is 14.8 Å². The molecule has 0 atom stereocenters. The highest BCUT2D eigenvalue weighted by Crippen LogP contribution is 2.30. The lowest BCUT2D eigenvalue weighted by atomic mass is 10.1. The molecule has 5 aromatic rings. The van der Waals surface area contributed by atoms with Crippen LogP contribution in [0, 0.1) is 0 Å². The van der Waals surface area contributed by atoms with Crippen molar-refractivity contribution in [3.63, 3.8) is 0 Å². The van der Waals surface area contributed by atoms with Crippen LogP contribution < -0.4 is 0 Å². The lowest BCUT2D eigenvalue weighted by Crippen LogP contribution is -2.02. The zero-order valence-corrected chi connectivity index (χ0v) is 18.5. The van der Waals surface area contributed by atoms with Crippen molar-refractivity contribution < 1.29 is 0 Å². The molecule has 0 unspecified atom stereocenters. The second kappa shape index (κ2) is 9.41. The fraction of sp³-hybridized carbons (Fsp3) is 0.0769. The van der Waals surface area contributed by atoms with Gasteiger partial charge >= 0.3 is 0 Å². The Hall–Kier alpha value is -3.02. The third-order valence-corrected chi connectivity index (χ3v) is 7.05. The average molecular weight is 440 g/mol. The van der Waals surface area contributed by atoms with E-state index in [4.69, 9.17) is 0 Å². The van der Waals surface area contributed by atoms with Crippen LogP contribution in [-0.4, -0.2) is 14.8 Å². The van der Waals surface area contributed by atoms with Crippen molar-refractivity contribution in [2.24, 2.45) is 0 Å². The number of thioether (sulfide) groups is 2. The zero-order chi connectivity index (χ0) is 20.9. The molecule has 0 saturated carbocycles. The highest BCUT2D eigenvalue weighted by atomic mass is 32.2. The Balaban J connectivity index is 1.43. The Labute approximate surface area is 190 Å². The smallest absolute Gasteiger partial charge is 0.196 e. The summed E-state index contributed by atoms with van der Waals surface area (Å²) in [6.45, 7) is 0. The molecule has 5 rings (SSSR count). The van der Waals surface area contributed by atoms with Crippen LogP contribution in [0.2, 0.25) is 0 Å². The van der Waals surface area contributed by atoms with Crippen molar-refractivity contribution >= 4 is 34.3 Å². The standard InChI is InChI=1S/C26H21N3S2/c1-3-13-22(14-4-1)29-25(19-30-23-15-5-2-6-16-23)27-28-26(29)31-18-21-12-9-11-20-10-7-8-17-24(20)21/h1-17H,18-19H2. The monoisotopic (exact) mass is 439 g/mol. The molecule has 0 aliphatic rings. The number of para-hydroxylation sites is 1. The predicted octanol–water partition coefficient (Wildman–Crippen LogP) is 7.01. The Morgan fingerprint density at radius 2 is 1.32 bits per heavy atom. The van der Waals surface area contributed by atoms with Gasteiger partial charge in [0, 0.05) is 16.3 Å². The van der Waals surface area contributed by atoms with E-state index in [1.807, 2.05) is 12.1 Å². The molecule has 0 aliphatic heterocycles. The van der Waals surface area contributed by atoms with Crippen molar-refractivity contribution in [1.29, 1.82) is 0 Å². The van der Waals surface area contributed by atoms with E-state index in [2.05, 4.69) is 106 Å². The van der Waals surface area contributed by atoms with Crippen LogP contribution in [0.4, 0.5) is 0 Å². The Morgan fingerprint density at radius 1 is 0.613 bits per heavy atom. The SMILES string of the molecule is c1ccc(SCc2nnc(SCc3cccc4ccccc34)n2-c2ccccc2)cc1. The predicted molar refractivity (Wildman–Crippen MR) is 131 cm³/mol. The van der Waals surface area contributed by atoms with Crippen LogP contribution in [0.1, 0.15) is 11.4 Å². The molecule has 0 spiro atoms. The third kappa shape index (κ3) is 4.53. The summed E-state index contributed by atoms with van der Waals surface area (Å²) in [7, 11) is 0. The maximum absolute atomic E-state index is 4.56. The van der Waals surface area contributed by atoms with Gasteiger partial charge in [0.15, 0.2) is 5.16 Å². The lowest BCUT2D eigenvalue weighted by molar-refractivity contribution is 0.864. The largest absolute Gasteiger partial charge is 0.273 e. The summed E-state index contributed by atoms with van der Waals surface area (Å²) in [5, 5.41) is 12.6. The molecular weight excluding hydrogens is 418 g/mol. The van der Waals surface area contributed by atoms with Crippen LogP contribution in [0.3, 0.4) is 0 Å². The van der Waals surface area contributed by atoms with E-state index in [0.717, 1.165) is 28.2 Å². The summed E-state index contributed by atoms with van der Waals surface area (Å²) in [6.07, 6.45) is 0. The molecule has 4 aromatic carbocycles. The third-order valence-electron chi connectivity index (χ3n) is 5.06. The number of nitrogens with zero attached hydrogens (tertiary/aromatic N) is 3.